The molecule has 9 nitrogen and oxygen atoms in total. The number of nitrogens with one attached hydrogen (secondary N) is 1. The molecule has 0 bridgehead atoms. The normalized spacial score (nSPS) is 18.9. The van der Waals surface area contributed by atoms with Crippen LogP contribution in [0.2, 0.25) is 0 Å². The summed E-state index contributed by atoms with van der Waals surface area (Å²) in [6.07, 6.45) is 2.59. The van der Waals surface area contributed by atoms with E-state index in [4.69, 9.17) is 4.42 Å². The van der Waals surface area contributed by atoms with Crippen molar-refractivity contribution in [2.75, 3.05) is 52.4 Å². The number of sulfonamides is 1. The number of carbonyl (C=O) groups excluding carboxylic acids is 2. The highest BCUT2D eigenvalue weighted by Crippen LogP contribution is 2.27. The van der Waals surface area contributed by atoms with Crippen LogP contribution in [0.4, 0.5) is 0 Å². The van der Waals surface area contributed by atoms with E-state index in [-0.39, 0.29) is 28.2 Å². The third kappa shape index (κ3) is 4.99. The Balaban J connectivity index is 1.60. The second-order valence-electron chi connectivity index (χ2n) is 7.56. The topological polar surface area (TPSA) is 103 Å². The van der Waals surface area contributed by atoms with Gasteiger partial charge in [-0.2, -0.15) is 4.31 Å². The highest BCUT2D eigenvalue weighted by molar-refractivity contribution is 7.89. The van der Waals surface area contributed by atoms with E-state index in [0.29, 0.717) is 52.4 Å². The number of hydrogen-bond acceptors (Lipinski definition) is 6. The predicted molar refractivity (Wildman–Crippen MR) is 107 cm³/mol. The molecule has 29 heavy (non-hydrogen) atoms. The van der Waals surface area contributed by atoms with E-state index in [1.165, 1.54) is 10.4 Å². The Bertz CT molecular complexity index is 837. The lowest BCUT2D eigenvalue weighted by Crippen LogP contribution is -2.51. The van der Waals surface area contributed by atoms with E-state index in [1.54, 1.807) is 11.8 Å². The minimum atomic E-state index is -3.63. The van der Waals surface area contributed by atoms with Crippen molar-refractivity contribution < 1.29 is 22.4 Å². The summed E-state index contributed by atoms with van der Waals surface area (Å²) in [5.74, 6) is -0.0306. The smallest absolute Gasteiger partial charge is 0.289 e. The van der Waals surface area contributed by atoms with E-state index in [1.807, 2.05) is 11.8 Å². The summed E-state index contributed by atoms with van der Waals surface area (Å²) in [6.45, 7) is 7.68. The minimum Gasteiger partial charge on any atom is -0.455 e. The number of hydrogen-bond donors (Lipinski definition) is 1. The van der Waals surface area contributed by atoms with Gasteiger partial charge in [0, 0.05) is 51.9 Å². The molecular weight excluding hydrogens is 396 g/mol. The largest absolute Gasteiger partial charge is 0.455 e. The highest BCUT2D eigenvalue weighted by Gasteiger charge is 2.33. The lowest BCUT2D eigenvalue weighted by atomic mass is 10.2. The van der Waals surface area contributed by atoms with E-state index in [2.05, 4.69) is 5.32 Å². The molecule has 2 aliphatic heterocycles. The highest BCUT2D eigenvalue weighted by atomic mass is 32.2. The second-order valence-corrected chi connectivity index (χ2v) is 9.47. The molecule has 2 aliphatic rings. The molecule has 0 aromatic carbocycles. The Morgan fingerprint density at radius 1 is 1.10 bits per heavy atom. The monoisotopic (exact) mass is 426 g/mol. The third-order valence-corrected chi connectivity index (χ3v) is 7.37. The van der Waals surface area contributed by atoms with E-state index >= 15 is 0 Å². The summed E-state index contributed by atoms with van der Waals surface area (Å²) in [6, 6.07) is 1.36. The van der Waals surface area contributed by atoms with Gasteiger partial charge in [0.1, 0.15) is 10.7 Å². The number of furan rings is 1. The number of amides is 2. The van der Waals surface area contributed by atoms with Gasteiger partial charge in [-0.25, -0.2) is 8.42 Å². The summed E-state index contributed by atoms with van der Waals surface area (Å²) in [5, 5.41) is 2.85. The molecule has 0 atom stereocenters. The Morgan fingerprint density at radius 3 is 2.38 bits per heavy atom. The number of rotatable bonds is 7. The molecule has 3 rings (SSSR count). The number of aryl methyl sites for hydroxylation is 1. The van der Waals surface area contributed by atoms with Crippen LogP contribution in [0.25, 0.3) is 0 Å². The summed E-state index contributed by atoms with van der Waals surface area (Å²) in [4.78, 5) is 28.4. The lowest BCUT2D eigenvalue weighted by molar-refractivity contribution is -0.122. The Hall–Kier alpha value is -1.91. The number of piperazine rings is 1. The Labute approximate surface area is 172 Å². The molecule has 0 radical (unpaired) electrons. The lowest BCUT2D eigenvalue weighted by Gasteiger charge is -2.33. The van der Waals surface area contributed by atoms with Crippen molar-refractivity contribution >= 4 is 21.8 Å². The Morgan fingerprint density at radius 2 is 1.76 bits per heavy atom. The van der Waals surface area contributed by atoms with Crippen LogP contribution in [-0.4, -0.2) is 86.7 Å². The number of nitrogens with zero attached hydrogens (tertiary/aromatic N) is 3. The van der Waals surface area contributed by atoms with E-state index < -0.39 is 10.0 Å². The first-order chi connectivity index (χ1) is 13.8. The first kappa shape index (κ1) is 21.8. The average Bonchev–Trinajstić information content (AvgIpc) is 3.37. The zero-order valence-electron chi connectivity index (χ0n) is 17.1. The first-order valence-corrected chi connectivity index (χ1v) is 11.7. The van der Waals surface area contributed by atoms with Crippen molar-refractivity contribution in [2.45, 2.75) is 38.0 Å². The maximum atomic E-state index is 12.8. The minimum absolute atomic E-state index is 0.00922. The van der Waals surface area contributed by atoms with Crippen LogP contribution in [-0.2, 0) is 14.8 Å². The van der Waals surface area contributed by atoms with Crippen molar-refractivity contribution in [3.05, 3.63) is 17.6 Å². The average molecular weight is 427 g/mol. The zero-order chi connectivity index (χ0) is 21.0. The third-order valence-electron chi connectivity index (χ3n) is 5.36. The van der Waals surface area contributed by atoms with Crippen LogP contribution in [0.5, 0.6) is 0 Å². The first-order valence-electron chi connectivity index (χ1n) is 10.2. The molecule has 1 N–H and O–H groups in total. The van der Waals surface area contributed by atoms with Gasteiger partial charge >= 0.3 is 0 Å². The fourth-order valence-electron chi connectivity index (χ4n) is 3.68. The van der Waals surface area contributed by atoms with Crippen molar-refractivity contribution in [3.63, 3.8) is 0 Å². The maximum Gasteiger partial charge on any atom is 0.289 e. The van der Waals surface area contributed by atoms with Crippen molar-refractivity contribution in [1.82, 2.24) is 19.4 Å². The van der Waals surface area contributed by atoms with Crippen LogP contribution in [0.15, 0.2) is 15.4 Å². The standard InChI is InChI=1S/C19H30N4O5S/c1-3-6-20-18(24)14-21-9-11-22(12-10-21)19(25)16-13-17(15(2)28-16)29(26,27)23-7-4-5-8-23/h13H,3-12,14H2,1-2H3,(H,20,24). The molecule has 1 aromatic heterocycles. The van der Waals surface area contributed by atoms with Crippen molar-refractivity contribution in [2.24, 2.45) is 0 Å². The van der Waals surface area contributed by atoms with Gasteiger partial charge in [0.25, 0.3) is 5.91 Å². The summed E-state index contributed by atoms with van der Waals surface area (Å²) >= 11 is 0. The molecule has 2 amide bonds. The van der Waals surface area contributed by atoms with Crippen molar-refractivity contribution in [3.8, 4) is 0 Å². The van der Waals surface area contributed by atoms with E-state index in [9.17, 15) is 18.0 Å². The van der Waals surface area contributed by atoms with Crippen LogP contribution in [0.1, 0.15) is 42.5 Å². The van der Waals surface area contributed by atoms with Gasteiger partial charge in [0.2, 0.25) is 15.9 Å². The van der Waals surface area contributed by atoms with Crippen LogP contribution in [0, 0.1) is 6.92 Å². The fraction of sp³-hybridized carbons (Fsp3) is 0.684. The molecular formula is C19H30N4O5S. The zero-order valence-corrected chi connectivity index (χ0v) is 18.0. The van der Waals surface area contributed by atoms with E-state index in [0.717, 1.165) is 19.3 Å². The molecule has 0 unspecified atom stereocenters. The Kier molecular flexibility index (Phi) is 6.97. The van der Waals surface area contributed by atoms with Gasteiger partial charge in [-0.1, -0.05) is 6.92 Å². The van der Waals surface area contributed by atoms with Crippen LogP contribution < -0.4 is 5.32 Å². The molecule has 1 aromatic rings. The maximum absolute atomic E-state index is 12.8. The summed E-state index contributed by atoms with van der Waals surface area (Å²) < 4.78 is 32.6. The molecule has 0 saturated carbocycles. The molecule has 2 saturated heterocycles. The van der Waals surface area contributed by atoms with Gasteiger partial charge in [0.05, 0.1) is 6.54 Å². The molecule has 0 spiro atoms. The predicted octanol–water partition coefficient (Wildman–Crippen LogP) is 0.657. The van der Waals surface area contributed by atoms with Crippen molar-refractivity contribution in [1.29, 1.82) is 0 Å². The van der Waals surface area contributed by atoms with Crippen LogP contribution in [0.3, 0.4) is 0 Å². The fourth-order valence-corrected chi connectivity index (χ4v) is 5.36. The van der Waals surface area contributed by atoms with Gasteiger partial charge < -0.3 is 14.6 Å². The second kappa shape index (κ2) is 9.27. The van der Waals surface area contributed by atoms with Gasteiger partial charge in [-0.05, 0) is 26.2 Å². The van der Waals surface area contributed by atoms with Gasteiger partial charge in [-0.15, -0.1) is 0 Å². The van der Waals surface area contributed by atoms with Gasteiger partial charge in [0.15, 0.2) is 5.76 Å². The summed E-state index contributed by atoms with van der Waals surface area (Å²) in [7, 11) is -3.63. The van der Waals surface area contributed by atoms with Crippen LogP contribution >= 0.6 is 0 Å². The number of carbonyl (C=O) groups is 2. The summed E-state index contributed by atoms with van der Waals surface area (Å²) in [5.41, 5.74) is 0. The molecule has 162 valence electrons. The molecule has 3 heterocycles. The van der Waals surface area contributed by atoms with Gasteiger partial charge in [-0.3, -0.25) is 14.5 Å². The molecule has 2 fully saturated rings. The molecule has 0 aliphatic carbocycles. The quantitative estimate of drug-likeness (QED) is 0.687. The molecule has 10 heteroatoms. The SMILES string of the molecule is CCCNC(=O)CN1CCN(C(=O)c2cc(S(=O)(=O)N3CCCC3)c(C)o2)CC1.